The summed E-state index contributed by atoms with van der Waals surface area (Å²) in [5, 5.41) is 0. The molecule has 84 valence electrons. The van der Waals surface area contributed by atoms with E-state index in [1.54, 1.807) is 0 Å². The van der Waals surface area contributed by atoms with Crippen LogP contribution in [-0.4, -0.2) is 0 Å². The van der Waals surface area contributed by atoms with Gasteiger partial charge in [0.2, 0.25) is 0 Å². The first-order valence-corrected chi connectivity index (χ1v) is 6.64. The highest BCUT2D eigenvalue weighted by atomic mass is 14.2. The molecule has 0 aromatic carbocycles. The van der Waals surface area contributed by atoms with Crippen LogP contribution in [0.25, 0.3) is 0 Å². The Hall–Kier alpha value is 0. The van der Waals surface area contributed by atoms with Crippen LogP contribution in [0.3, 0.4) is 0 Å². The first kappa shape index (κ1) is 12.1. The second kappa shape index (κ2) is 5.78. The van der Waals surface area contributed by atoms with E-state index in [9.17, 15) is 0 Å². The molecule has 1 aliphatic rings. The van der Waals surface area contributed by atoms with Gasteiger partial charge in [-0.3, -0.25) is 0 Å². The molecule has 0 radical (unpaired) electrons. The Labute approximate surface area is 90.5 Å². The molecule has 1 saturated carbocycles. The van der Waals surface area contributed by atoms with Gasteiger partial charge in [0.15, 0.2) is 0 Å². The maximum atomic E-state index is 2.41. The van der Waals surface area contributed by atoms with Crippen molar-refractivity contribution in [2.24, 2.45) is 11.3 Å². The summed E-state index contributed by atoms with van der Waals surface area (Å²) in [6.07, 6.45) is 13.3. The number of hydrogen-bond donors (Lipinski definition) is 0. The van der Waals surface area contributed by atoms with Crippen LogP contribution >= 0.6 is 0 Å². The fraction of sp³-hybridized carbons (Fsp3) is 1.00. The molecule has 0 bridgehead atoms. The molecule has 0 atom stereocenters. The third-order valence-electron chi connectivity index (χ3n) is 4.15. The molecule has 0 unspecified atom stereocenters. The first-order chi connectivity index (χ1) is 6.64. The molecule has 1 aliphatic carbocycles. The maximum Gasteiger partial charge on any atom is -0.0357 e. The Morgan fingerprint density at radius 2 is 1.71 bits per heavy atom. The summed E-state index contributed by atoms with van der Waals surface area (Å²) in [5.41, 5.74) is 0.592. The Balaban J connectivity index is 2.08. The van der Waals surface area contributed by atoms with E-state index in [2.05, 4.69) is 20.8 Å². The number of rotatable bonds is 5. The van der Waals surface area contributed by atoms with E-state index in [4.69, 9.17) is 0 Å². The summed E-state index contributed by atoms with van der Waals surface area (Å²) in [6, 6.07) is 0. The van der Waals surface area contributed by atoms with Crippen LogP contribution in [0.15, 0.2) is 0 Å². The smallest absolute Gasteiger partial charge is 0.0357 e. The lowest BCUT2D eigenvalue weighted by atomic mass is 9.81. The molecule has 1 fully saturated rings. The standard InChI is InChI=1S/C14H28/c1-4-14(2,3)12-8-11-13-9-6-5-7-10-13/h13H,4-12H2,1-3H3. The molecule has 0 amide bonds. The van der Waals surface area contributed by atoms with Crippen molar-refractivity contribution in [1.29, 1.82) is 0 Å². The third-order valence-corrected chi connectivity index (χ3v) is 4.15. The lowest BCUT2D eigenvalue weighted by Crippen LogP contribution is -2.11. The molecule has 0 heterocycles. The highest BCUT2D eigenvalue weighted by molar-refractivity contribution is 4.70. The van der Waals surface area contributed by atoms with Gasteiger partial charge in [0.05, 0.1) is 0 Å². The lowest BCUT2D eigenvalue weighted by Gasteiger charge is -2.25. The van der Waals surface area contributed by atoms with E-state index in [0.29, 0.717) is 5.41 Å². The summed E-state index contributed by atoms with van der Waals surface area (Å²) in [7, 11) is 0. The minimum Gasteiger partial charge on any atom is -0.0649 e. The normalized spacial score (nSPS) is 19.9. The van der Waals surface area contributed by atoms with Crippen LogP contribution in [0, 0.1) is 11.3 Å². The second-order valence-corrected chi connectivity index (χ2v) is 5.91. The third kappa shape index (κ3) is 4.48. The van der Waals surface area contributed by atoms with Crippen molar-refractivity contribution in [2.75, 3.05) is 0 Å². The summed E-state index contributed by atoms with van der Waals surface area (Å²) < 4.78 is 0. The highest BCUT2D eigenvalue weighted by Gasteiger charge is 2.17. The predicted octanol–water partition coefficient (Wildman–Crippen LogP) is 5.17. The Bertz CT molecular complexity index is 140. The van der Waals surface area contributed by atoms with Crippen molar-refractivity contribution >= 4 is 0 Å². The topological polar surface area (TPSA) is 0 Å². The van der Waals surface area contributed by atoms with Crippen molar-refractivity contribution in [3.63, 3.8) is 0 Å². The van der Waals surface area contributed by atoms with Gasteiger partial charge in [-0.2, -0.15) is 0 Å². The van der Waals surface area contributed by atoms with Gasteiger partial charge in [-0.1, -0.05) is 72.1 Å². The van der Waals surface area contributed by atoms with Crippen LogP contribution < -0.4 is 0 Å². The number of hydrogen-bond acceptors (Lipinski definition) is 0. The van der Waals surface area contributed by atoms with Crippen LogP contribution in [0.2, 0.25) is 0 Å². The Morgan fingerprint density at radius 3 is 2.29 bits per heavy atom. The molecule has 14 heavy (non-hydrogen) atoms. The summed E-state index contributed by atoms with van der Waals surface area (Å²) in [4.78, 5) is 0. The highest BCUT2D eigenvalue weighted by Crippen LogP contribution is 2.32. The molecular weight excluding hydrogens is 168 g/mol. The average Bonchev–Trinajstić information content (AvgIpc) is 2.19. The Kier molecular flexibility index (Phi) is 4.98. The molecule has 0 N–H and O–H groups in total. The van der Waals surface area contributed by atoms with E-state index in [1.807, 2.05) is 0 Å². The van der Waals surface area contributed by atoms with Gasteiger partial charge in [0, 0.05) is 0 Å². The molecule has 0 nitrogen and oxygen atoms in total. The summed E-state index contributed by atoms with van der Waals surface area (Å²) in [5.74, 6) is 1.08. The zero-order chi connectivity index (χ0) is 10.4. The quantitative estimate of drug-likeness (QED) is 0.569. The summed E-state index contributed by atoms with van der Waals surface area (Å²) in [6.45, 7) is 7.14. The SMILES string of the molecule is CCC(C)(C)CCCC1CCCCC1. The van der Waals surface area contributed by atoms with E-state index in [1.165, 1.54) is 57.8 Å². The zero-order valence-electron chi connectivity index (χ0n) is 10.4. The van der Waals surface area contributed by atoms with E-state index < -0.39 is 0 Å². The van der Waals surface area contributed by atoms with Crippen molar-refractivity contribution < 1.29 is 0 Å². The van der Waals surface area contributed by atoms with Gasteiger partial charge in [0.25, 0.3) is 0 Å². The Morgan fingerprint density at radius 1 is 1.07 bits per heavy atom. The minimum absolute atomic E-state index is 0.592. The van der Waals surface area contributed by atoms with Crippen LogP contribution in [0.4, 0.5) is 0 Å². The first-order valence-electron chi connectivity index (χ1n) is 6.64. The second-order valence-electron chi connectivity index (χ2n) is 5.91. The maximum absolute atomic E-state index is 2.41. The molecule has 0 aromatic rings. The van der Waals surface area contributed by atoms with Crippen molar-refractivity contribution in [1.82, 2.24) is 0 Å². The molecule has 0 aromatic heterocycles. The van der Waals surface area contributed by atoms with Gasteiger partial charge in [-0.25, -0.2) is 0 Å². The zero-order valence-corrected chi connectivity index (χ0v) is 10.4. The molecule has 1 rings (SSSR count). The molecule has 0 heteroatoms. The average molecular weight is 196 g/mol. The fourth-order valence-electron chi connectivity index (χ4n) is 2.52. The predicted molar refractivity (Wildman–Crippen MR) is 64.5 cm³/mol. The molecule has 0 aliphatic heterocycles. The van der Waals surface area contributed by atoms with Crippen LogP contribution in [0.5, 0.6) is 0 Å². The summed E-state index contributed by atoms with van der Waals surface area (Å²) >= 11 is 0. The lowest BCUT2D eigenvalue weighted by molar-refractivity contribution is 0.273. The van der Waals surface area contributed by atoms with Gasteiger partial charge in [-0.15, -0.1) is 0 Å². The van der Waals surface area contributed by atoms with Gasteiger partial charge >= 0.3 is 0 Å². The van der Waals surface area contributed by atoms with Crippen molar-refractivity contribution in [3.8, 4) is 0 Å². The molecule has 0 spiro atoms. The van der Waals surface area contributed by atoms with Crippen LogP contribution in [-0.2, 0) is 0 Å². The van der Waals surface area contributed by atoms with Crippen molar-refractivity contribution in [3.05, 3.63) is 0 Å². The van der Waals surface area contributed by atoms with Gasteiger partial charge in [-0.05, 0) is 17.8 Å². The van der Waals surface area contributed by atoms with Crippen molar-refractivity contribution in [2.45, 2.75) is 78.6 Å². The van der Waals surface area contributed by atoms with Gasteiger partial charge in [0.1, 0.15) is 0 Å². The molecule has 0 saturated heterocycles. The monoisotopic (exact) mass is 196 g/mol. The molecular formula is C14H28. The van der Waals surface area contributed by atoms with Crippen LogP contribution in [0.1, 0.15) is 78.6 Å². The fourth-order valence-corrected chi connectivity index (χ4v) is 2.52. The van der Waals surface area contributed by atoms with E-state index >= 15 is 0 Å². The van der Waals surface area contributed by atoms with E-state index in [0.717, 1.165) is 5.92 Å². The largest absolute Gasteiger partial charge is 0.0649 e. The van der Waals surface area contributed by atoms with E-state index in [-0.39, 0.29) is 0 Å². The van der Waals surface area contributed by atoms with Gasteiger partial charge < -0.3 is 0 Å². The minimum atomic E-state index is 0.592.